The van der Waals surface area contributed by atoms with E-state index in [0.29, 0.717) is 13.0 Å². The average Bonchev–Trinajstić information content (AvgIpc) is 2.97. The number of nitrogens with two attached hydrogens (primary N) is 1. The Bertz CT molecular complexity index is 782. The first-order valence-corrected chi connectivity index (χ1v) is 17.6. The summed E-state index contributed by atoms with van der Waals surface area (Å²) in [5, 5.41) is 0. The molecule has 3 N–H and O–H groups in total. The van der Waals surface area contributed by atoms with Crippen LogP contribution >= 0.6 is 7.82 Å². The van der Waals surface area contributed by atoms with E-state index in [1.807, 2.05) is 0 Å². The quantitative estimate of drug-likeness (QED) is 0.0358. The van der Waals surface area contributed by atoms with E-state index in [4.69, 9.17) is 24.3 Å². The molecule has 0 aromatic carbocycles. The van der Waals surface area contributed by atoms with Crippen LogP contribution in [0.5, 0.6) is 0 Å². The Kier molecular flexibility index (Phi) is 29.8. The molecule has 244 valence electrons. The number of phosphoric ester groups is 1. The molecule has 8 nitrogen and oxygen atoms in total. The number of unbranched alkanes of at least 4 members (excludes halogenated alkanes) is 9. The zero-order valence-corrected chi connectivity index (χ0v) is 27.4. The van der Waals surface area contributed by atoms with Crippen molar-refractivity contribution < 1.29 is 32.8 Å². The highest BCUT2D eigenvalue weighted by molar-refractivity contribution is 7.47. The van der Waals surface area contributed by atoms with Crippen molar-refractivity contribution in [2.75, 3.05) is 33.0 Å². The van der Waals surface area contributed by atoms with Crippen LogP contribution in [-0.4, -0.2) is 49.9 Å². The maximum atomic E-state index is 12.4. The van der Waals surface area contributed by atoms with Gasteiger partial charge in [0.2, 0.25) is 0 Å². The van der Waals surface area contributed by atoms with Crippen molar-refractivity contribution in [1.82, 2.24) is 0 Å². The van der Waals surface area contributed by atoms with Crippen molar-refractivity contribution in [3.05, 3.63) is 48.6 Å². The molecule has 0 aliphatic heterocycles. The molecule has 0 aromatic rings. The van der Waals surface area contributed by atoms with E-state index in [-0.39, 0.29) is 38.8 Å². The molecule has 0 saturated heterocycles. The van der Waals surface area contributed by atoms with Gasteiger partial charge in [-0.1, -0.05) is 107 Å². The number of ether oxygens (including phenoxy) is 2. The third-order valence-corrected chi connectivity index (χ3v) is 7.24. The molecule has 0 bridgehead atoms. The van der Waals surface area contributed by atoms with E-state index in [1.54, 1.807) is 0 Å². The molecule has 0 aliphatic rings. The fourth-order valence-corrected chi connectivity index (χ4v) is 4.69. The highest BCUT2D eigenvalue weighted by atomic mass is 31.2. The van der Waals surface area contributed by atoms with Gasteiger partial charge in [-0.3, -0.25) is 13.8 Å². The third kappa shape index (κ3) is 29.9. The molecule has 9 heteroatoms. The molecule has 0 rings (SSSR count). The van der Waals surface area contributed by atoms with Gasteiger partial charge < -0.3 is 20.1 Å². The van der Waals surface area contributed by atoms with Crippen molar-refractivity contribution in [1.29, 1.82) is 0 Å². The SMILES string of the molecule is CC/C=C\C/C=C\C/C=C\C/C=C\CCCCC(=O)OC(COCCCCCCCCCC)COP(=O)(O)OCCN. The molecule has 0 amide bonds. The number of esters is 1. The minimum absolute atomic E-state index is 0.0922. The lowest BCUT2D eigenvalue weighted by atomic mass is 10.1. The monoisotopic (exact) mass is 613 g/mol. The van der Waals surface area contributed by atoms with Crippen molar-refractivity contribution in [2.24, 2.45) is 5.73 Å². The number of allylic oxidation sites excluding steroid dienone is 8. The molecule has 2 atom stereocenters. The van der Waals surface area contributed by atoms with E-state index in [1.165, 1.54) is 38.5 Å². The summed E-state index contributed by atoms with van der Waals surface area (Å²) in [7, 11) is -4.27. The molecule has 2 unspecified atom stereocenters. The van der Waals surface area contributed by atoms with Crippen LogP contribution in [0.3, 0.4) is 0 Å². The fraction of sp³-hybridized carbons (Fsp3) is 0.727. The first kappa shape index (κ1) is 40.5. The molecule has 42 heavy (non-hydrogen) atoms. The maximum absolute atomic E-state index is 12.4. The molecule has 0 saturated carbocycles. The maximum Gasteiger partial charge on any atom is 0.472 e. The Hall–Kier alpha value is -1.54. The van der Waals surface area contributed by atoms with Crippen LogP contribution in [0.1, 0.15) is 117 Å². The number of hydrogen-bond acceptors (Lipinski definition) is 7. The Morgan fingerprint density at radius 2 is 1.33 bits per heavy atom. The van der Waals surface area contributed by atoms with Crippen LogP contribution < -0.4 is 5.73 Å². The van der Waals surface area contributed by atoms with Crippen LogP contribution in [0.15, 0.2) is 48.6 Å². The number of rotatable bonds is 30. The molecule has 0 spiro atoms. The average molecular weight is 614 g/mol. The lowest BCUT2D eigenvalue weighted by molar-refractivity contribution is -0.154. The van der Waals surface area contributed by atoms with Gasteiger partial charge in [-0.15, -0.1) is 0 Å². The molecular weight excluding hydrogens is 553 g/mol. The molecule has 0 aliphatic carbocycles. The van der Waals surface area contributed by atoms with Crippen molar-refractivity contribution in [2.45, 2.75) is 123 Å². The van der Waals surface area contributed by atoms with Gasteiger partial charge >= 0.3 is 13.8 Å². The summed E-state index contributed by atoms with van der Waals surface area (Å²) < 4.78 is 33.0. The Morgan fingerprint density at radius 1 is 0.738 bits per heavy atom. The van der Waals surface area contributed by atoms with Gasteiger partial charge in [-0.25, -0.2) is 4.57 Å². The van der Waals surface area contributed by atoms with Crippen molar-refractivity contribution in [3.8, 4) is 0 Å². The molecule has 0 radical (unpaired) electrons. The molecular formula is C33H60NO7P. The minimum Gasteiger partial charge on any atom is -0.457 e. The zero-order chi connectivity index (χ0) is 31.0. The third-order valence-electron chi connectivity index (χ3n) is 6.26. The minimum atomic E-state index is -4.27. The summed E-state index contributed by atoms with van der Waals surface area (Å²) in [5.41, 5.74) is 5.32. The number of phosphoric acid groups is 1. The highest BCUT2D eigenvalue weighted by Crippen LogP contribution is 2.43. The second-order valence-corrected chi connectivity index (χ2v) is 11.7. The lowest BCUT2D eigenvalue weighted by Crippen LogP contribution is -2.28. The van der Waals surface area contributed by atoms with Crippen molar-refractivity contribution >= 4 is 13.8 Å². The standard InChI is InChI=1S/C33H60NO7P/c1-3-5-7-9-11-13-14-15-16-17-18-19-20-22-24-26-33(35)41-32(31-40-42(36,37)39-29-27-34)30-38-28-25-23-21-12-10-8-6-4-2/h5,7,11,13,15-16,18-19,32H,3-4,6,8-10,12,14,17,20-31,34H2,1-2H3,(H,36,37)/b7-5-,13-11-,16-15-,19-18-. The van der Waals surface area contributed by atoms with E-state index < -0.39 is 13.9 Å². The van der Waals surface area contributed by atoms with Gasteiger partial charge in [0, 0.05) is 19.6 Å². The van der Waals surface area contributed by atoms with E-state index >= 15 is 0 Å². The summed E-state index contributed by atoms with van der Waals surface area (Å²) in [6.45, 7) is 4.69. The van der Waals surface area contributed by atoms with Crippen LogP contribution in [0.2, 0.25) is 0 Å². The van der Waals surface area contributed by atoms with Crippen LogP contribution in [-0.2, 0) is 27.9 Å². The molecule has 0 aromatic heterocycles. The predicted octanol–water partition coefficient (Wildman–Crippen LogP) is 8.51. The number of carbonyl (C=O) groups excluding carboxylic acids is 1. The van der Waals surface area contributed by atoms with Gasteiger partial charge in [0.05, 0.1) is 19.8 Å². The van der Waals surface area contributed by atoms with Gasteiger partial charge in [0.15, 0.2) is 0 Å². The van der Waals surface area contributed by atoms with E-state index in [9.17, 15) is 14.3 Å². The smallest absolute Gasteiger partial charge is 0.457 e. The Morgan fingerprint density at radius 3 is 1.95 bits per heavy atom. The van der Waals surface area contributed by atoms with Crippen molar-refractivity contribution in [3.63, 3.8) is 0 Å². The largest absolute Gasteiger partial charge is 0.472 e. The second kappa shape index (κ2) is 30.9. The highest BCUT2D eigenvalue weighted by Gasteiger charge is 2.25. The predicted molar refractivity (Wildman–Crippen MR) is 173 cm³/mol. The van der Waals surface area contributed by atoms with Crippen LogP contribution in [0.4, 0.5) is 0 Å². The van der Waals surface area contributed by atoms with Crippen LogP contribution in [0, 0.1) is 0 Å². The van der Waals surface area contributed by atoms with Gasteiger partial charge in [-0.05, 0) is 51.4 Å². The summed E-state index contributed by atoms with van der Waals surface area (Å²) in [6.07, 6.45) is 32.7. The second-order valence-electron chi connectivity index (χ2n) is 10.3. The summed E-state index contributed by atoms with van der Waals surface area (Å²) in [5.74, 6) is -0.375. The first-order chi connectivity index (χ1) is 20.4. The fourth-order valence-electron chi connectivity index (χ4n) is 3.93. The van der Waals surface area contributed by atoms with Gasteiger partial charge in [-0.2, -0.15) is 0 Å². The number of carbonyl (C=O) groups is 1. The summed E-state index contributed by atoms with van der Waals surface area (Å²) >= 11 is 0. The zero-order valence-electron chi connectivity index (χ0n) is 26.5. The molecule has 0 fully saturated rings. The summed E-state index contributed by atoms with van der Waals surface area (Å²) in [6, 6.07) is 0. The lowest BCUT2D eigenvalue weighted by Gasteiger charge is -2.20. The summed E-state index contributed by atoms with van der Waals surface area (Å²) in [4.78, 5) is 22.2. The Labute approximate surface area is 256 Å². The first-order valence-electron chi connectivity index (χ1n) is 16.1. The topological polar surface area (TPSA) is 117 Å². The van der Waals surface area contributed by atoms with Gasteiger partial charge in [0.25, 0.3) is 0 Å². The Balaban J connectivity index is 4.25. The molecule has 0 heterocycles. The van der Waals surface area contributed by atoms with E-state index in [0.717, 1.165) is 51.4 Å². The number of hydrogen-bond donors (Lipinski definition) is 2. The van der Waals surface area contributed by atoms with Crippen LogP contribution in [0.25, 0.3) is 0 Å². The normalized spacial score (nSPS) is 14.5. The van der Waals surface area contributed by atoms with E-state index in [2.05, 4.69) is 62.5 Å². The van der Waals surface area contributed by atoms with Gasteiger partial charge in [0.1, 0.15) is 6.10 Å².